The van der Waals surface area contributed by atoms with E-state index in [1.807, 2.05) is 30.5 Å². The van der Waals surface area contributed by atoms with Crippen molar-refractivity contribution in [2.45, 2.75) is 12.5 Å². The first-order chi connectivity index (χ1) is 17.2. The van der Waals surface area contributed by atoms with Gasteiger partial charge in [-0.2, -0.15) is 5.10 Å². The van der Waals surface area contributed by atoms with E-state index in [0.717, 1.165) is 70.1 Å². The zero-order chi connectivity index (χ0) is 23.6. The molecule has 5 aromatic rings. The maximum absolute atomic E-state index is 5.45. The number of ether oxygens (including phenoxy) is 1. The molecule has 0 amide bonds. The maximum Gasteiger partial charge on any atom is 0.161 e. The fraction of sp³-hybridized carbons (Fsp3) is 0.148. The monoisotopic (exact) mass is 463 g/mol. The van der Waals surface area contributed by atoms with E-state index in [1.54, 1.807) is 12.4 Å². The standard InChI is InChI=1S/C27H25N7O/c1-17(31-23-9-11-35-16-23)24-12-19-2-3-20(13-25(19)33-24)27-28-10-8-26(34-27)32-22-6-4-18(5-7-22)21-14-29-30-15-21/h2-8,10,12-15,23,31,33H,1,9,11,16H2,(H,29,30)(H,28,32,34). The van der Waals surface area contributed by atoms with Crippen molar-refractivity contribution in [1.29, 1.82) is 0 Å². The summed E-state index contributed by atoms with van der Waals surface area (Å²) in [6.07, 6.45) is 6.45. The highest BCUT2D eigenvalue weighted by Crippen LogP contribution is 2.26. The molecule has 1 aliphatic heterocycles. The Balaban J connectivity index is 1.20. The van der Waals surface area contributed by atoms with Crippen molar-refractivity contribution in [3.05, 3.63) is 85.5 Å². The van der Waals surface area contributed by atoms with Gasteiger partial charge in [-0.25, -0.2) is 9.97 Å². The largest absolute Gasteiger partial charge is 0.379 e. The van der Waals surface area contributed by atoms with E-state index in [0.29, 0.717) is 11.9 Å². The highest BCUT2D eigenvalue weighted by Gasteiger charge is 2.17. The molecule has 1 saturated heterocycles. The fourth-order valence-electron chi connectivity index (χ4n) is 4.27. The molecule has 0 bridgehead atoms. The van der Waals surface area contributed by atoms with Crippen LogP contribution in [0, 0.1) is 0 Å². The first kappa shape index (κ1) is 21.1. The van der Waals surface area contributed by atoms with Gasteiger partial charge in [0, 0.05) is 46.7 Å². The summed E-state index contributed by atoms with van der Waals surface area (Å²) >= 11 is 0. The molecule has 1 atom stereocenters. The van der Waals surface area contributed by atoms with Crippen molar-refractivity contribution in [3.8, 4) is 22.5 Å². The zero-order valence-corrected chi connectivity index (χ0v) is 19.1. The summed E-state index contributed by atoms with van der Waals surface area (Å²) in [5.74, 6) is 1.39. The van der Waals surface area contributed by atoms with E-state index in [9.17, 15) is 0 Å². The Morgan fingerprint density at radius 1 is 1.03 bits per heavy atom. The summed E-state index contributed by atoms with van der Waals surface area (Å²) < 4.78 is 5.45. The molecule has 0 aliphatic carbocycles. The summed E-state index contributed by atoms with van der Waals surface area (Å²) in [6.45, 7) is 5.72. The molecule has 174 valence electrons. The normalized spacial score (nSPS) is 15.4. The van der Waals surface area contributed by atoms with Crippen molar-refractivity contribution in [2.24, 2.45) is 0 Å². The predicted molar refractivity (Wildman–Crippen MR) is 138 cm³/mol. The third-order valence-corrected chi connectivity index (χ3v) is 6.16. The number of rotatable bonds is 7. The summed E-state index contributed by atoms with van der Waals surface area (Å²) in [5.41, 5.74) is 6.90. The number of hydrogen-bond donors (Lipinski definition) is 4. The zero-order valence-electron chi connectivity index (χ0n) is 19.1. The molecule has 1 aliphatic rings. The molecule has 4 N–H and O–H groups in total. The van der Waals surface area contributed by atoms with Crippen molar-refractivity contribution < 1.29 is 4.74 Å². The topological polar surface area (TPSA) is 104 Å². The average molecular weight is 464 g/mol. The number of aromatic nitrogens is 5. The Morgan fingerprint density at radius 3 is 2.71 bits per heavy atom. The molecule has 8 heteroatoms. The van der Waals surface area contributed by atoms with Crippen LogP contribution in [-0.4, -0.2) is 44.4 Å². The summed E-state index contributed by atoms with van der Waals surface area (Å²) in [6, 6.07) is 18.6. The van der Waals surface area contributed by atoms with E-state index >= 15 is 0 Å². The lowest BCUT2D eigenvalue weighted by Gasteiger charge is -2.13. The Morgan fingerprint density at radius 2 is 1.91 bits per heavy atom. The van der Waals surface area contributed by atoms with Crippen LogP contribution in [0.15, 0.2) is 79.8 Å². The van der Waals surface area contributed by atoms with Gasteiger partial charge in [0.15, 0.2) is 5.82 Å². The number of benzene rings is 2. The summed E-state index contributed by atoms with van der Waals surface area (Å²) in [5, 5.41) is 14.8. The number of nitrogens with one attached hydrogen (secondary N) is 4. The number of aromatic amines is 2. The Labute approximate surface area is 202 Å². The van der Waals surface area contributed by atoms with Gasteiger partial charge < -0.3 is 20.4 Å². The van der Waals surface area contributed by atoms with Gasteiger partial charge in [-0.1, -0.05) is 30.8 Å². The van der Waals surface area contributed by atoms with E-state index < -0.39 is 0 Å². The van der Waals surface area contributed by atoms with Crippen LogP contribution in [0.5, 0.6) is 0 Å². The minimum absolute atomic E-state index is 0.315. The number of nitrogens with zero attached hydrogens (tertiary/aromatic N) is 3. The molecule has 1 fully saturated rings. The van der Waals surface area contributed by atoms with Crippen LogP contribution in [0.1, 0.15) is 12.1 Å². The minimum atomic E-state index is 0.315. The SMILES string of the molecule is C=C(NC1CCOC1)c1cc2ccc(-c3nccc(Nc4ccc(-c5cn[nH]c5)cc4)n3)cc2[nH]1. The number of fused-ring (bicyclic) bond motifs is 1. The van der Waals surface area contributed by atoms with E-state index in [2.05, 4.69) is 67.7 Å². The predicted octanol–water partition coefficient (Wildman–Crippen LogP) is 5.11. The second-order valence-corrected chi connectivity index (χ2v) is 8.62. The third kappa shape index (κ3) is 4.51. The second-order valence-electron chi connectivity index (χ2n) is 8.62. The van der Waals surface area contributed by atoms with Crippen molar-refractivity contribution in [2.75, 3.05) is 18.5 Å². The van der Waals surface area contributed by atoms with Gasteiger partial charge in [-0.3, -0.25) is 5.10 Å². The van der Waals surface area contributed by atoms with Crippen LogP contribution in [-0.2, 0) is 4.74 Å². The van der Waals surface area contributed by atoms with Crippen molar-refractivity contribution >= 4 is 28.1 Å². The lowest BCUT2D eigenvalue weighted by Crippen LogP contribution is -2.27. The molecular weight excluding hydrogens is 438 g/mol. The molecular formula is C27H25N7O. The van der Waals surface area contributed by atoms with Gasteiger partial charge in [0.25, 0.3) is 0 Å². The van der Waals surface area contributed by atoms with Crippen LogP contribution in [0.4, 0.5) is 11.5 Å². The lowest BCUT2D eigenvalue weighted by molar-refractivity contribution is 0.192. The smallest absolute Gasteiger partial charge is 0.161 e. The molecule has 6 rings (SSSR count). The number of hydrogen-bond acceptors (Lipinski definition) is 6. The van der Waals surface area contributed by atoms with Crippen LogP contribution < -0.4 is 10.6 Å². The Bertz CT molecular complexity index is 1470. The summed E-state index contributed by atoms with van der Waals surface area (Å²) in [4.78, 5) is 12.7. The van der Waals surface area contributed by atoms with Crippen molar-refractivity contribution in [1.82, 2.24) is 30.5 Å². The molecule has 35 heavy (non-hydrogen) atoms. The summed E-state index contributed by atoms with van der Waals surface area (Å²) in [7, 11) is 0. The third-order valence-electron chi connectivity index (χ3n) is 6.16. The van der Waals surface area contributed by atoms with Crippen LogP contribution in [0.25, 0.3) is 39.1 Å². The minimum Gasteiger partial charge on any atom is -0.379 e. The van der Waals surface area contributed by atoms with E-state index in [1.165, 1.54) is 0 Å². The molecule has 0 radical (unpaired) electrons. The quantitative estimate of drug-likeness (QED) is 0.268. The van der Waals surface area contributed by atoms with Gasteiger partial charge >= 0.3 is 0 Å². The number of anilines is 2. The van der Waals surface area contributed by atoms with E-state index in [4.69, 9.17) is 9.72 Å². The van der Waals surface area contributed by atoms with Gasteiger partial charge in [0.1, 0.15) is 5.82 Å². The second kappa shape index (κ2) is 9.08. The highest BCUT2D eigenvalue weighted by molar-refractivity contribution is 5.87. The fourth-order valence-corrected chi connectivity index (χ4v) is 4.27. The first-order valence-electron chi connectivity index (χ1n) is 11.6. The van der Waals surface area contributed by atoms with Gasteiger partial charge in [0.2, 0.25) is 0 Å². The first-order valence-corrected chi connectivity index (χ1v) is 11.6. The van der Waals surface area contributed by atoms with Gasteiger partial charge in [-0.15, -0.1) is 0 Å². The van der Waals surface area contributed by atoms with E-state index in [-0.39, 0.29) is 0 Å². The lowest BCUT2D eigenvalue weighted by atomic mass is 10.1. The average Bonchev–Trinajstić information content (AvgIpc) is 3.66. The molecule has 1 unspecified atom stereocenters. The Hall–Kier alpha value is -4.43. The number of H-pyrrole nitrogens is 2. The maximum atomic E-state index is 5.45. The molecule has 2 aromatic carbocycles. The van der Waals surface area contributed by atoms with Gasteiger partial charge in [-0.05, 0) is 42.3 Å². The molecule has 8 nitrogen and oxygen atoms in total. The Kier molecular flexibility index (Phi) is 5.48. The van der Waals surface area contributed by atoms with Gasteiger partial charge in [0.05, 0.1) is 30.2 Å². The van der Waals surface area contributed by atoms with Crippen molar-refractivity contribution in [3.63, 3.8) is 0 Å². The molecule has 0 spiro atoms. The van der Waals surface area contributed by atoms with Crippen LogP contribution in [0.3, 0.4) is 0 Å². The molecule has 4 heterocycles. The van der Waals surface area contributed by atoms with Crippen LogP contribution in [0.2, 0.25) is 0 Å². The molecule has 0 saturated carbocycles. The van der Waals surface area contributed by atoms with Crippen LogP contribution >= 0.6 is 0 Å². The molecule has 3 aromatic heterocycles. The highest BCUT2D eigenvalue weighted by atomic mass is 16.5.